The fourth-order valence-electron chi connectivity index (χ4n) is 3.05. The summed E-state index contributed by atoms with van der Waals surface area (Å²) in [6.07, 6.45) is 0.872. The molecule has 2 atom stereocenters. The Bertz CT molecular complexity index is 428. The van der Waals surface area contributed by atoms with Gasteiger partial charge in [-0.2, -0.15) is 17.0 Å². The van der Waals surface area contributed by atoms with Crippen LogP contribution in [0.4, 0.5) is 0 Å². The van der Waals surface area contributed by atoms with Crippen LogP contribution >= 0.6 is 0 Å². The van der Waals surface area contributed by atoms with Gasteiger partial charge in [0.25, 0.3) is 10.2 Å². The zero-order valence-electron chi connectivity index (χ0n) is 10.8. The van der Waals surface area contributed by atoms with Crippen molar-refractivity contribution in [2.75, 3.05) is 46.0 Å². The lowest BCUT2D eigenvalue weighted by Crippen LogP contribution is -2.48. The molecule has 7 nitrogen and oxygen atoms in total. The molecule has 3 rings (SSSR count). The molecule has 19 heavy (non-hydrogen) atoms. The molecule has 8 heteroatoms. The van der Waals surface area contributed by atoms with Crippen LogP contribution in [0.15, 0.2) is 0 Å². The van der Waals surface area contributed by atoms with Crippen molar-refractivity contribution in [3.8, 4) is 0 Å². The Balaban J connectivity index is 1.75. The van der Waals surface area contributed by atoms with E-state index in [1.54, 1.807) is 0 Å². The number of hydrogen-bond acceptors (Lipinski definition) is 5. The number of aliphatic hydroxyl groups excluding tert-OH is 1. The highest BCUT2D eigenvalue weighted by Crippen LogP contribution is 2.36. The predicted octanol–water partition coefficient (Wildman–Crippen LogP) is -1.21. The van der Waals surface area contributed by atoms with Gasteiger partial charge in [-0.1, -0.05) is 0 Å². The predicted molar refractivity (Wildman–Crippen MR) is 66.8 cm³/mol. The molecule has 0 bridgehead atoms. The fourth-order valence-corrected chi connectivity index (χ4v) is 4.70. The van der Waals surface area contributed by atoms with Gasteiger partial charge in [-0.15, -0.1) is 0 Å². The largest absolute Gasteiger partial charge is 0.389 e. The van der Waals surface area contributed by atoms with Gasteiger partial charge in [0.05, 0.1) is 19.3 Å². The Kier molecular flexibility index (Phi) is 3.57. The molecule has 0 unspecified atom stereocenters. The van der Waals surface area contributed by atoms with E-state index >= 15 is 0 Å². The van der Waals surface area contributed by atoms with E-state index in [1.165, 1.54) is 8.61 Å². The molecule has 0 aromatic heterocycles. The zero-order valence-corrected chi connectivity index (χ0v) is 11.6. The molecule has 0 aromatic rings. The SMILES string of the molecule is O=S(=O)(N1CCOCC1)N1C[C@H](O)[C@]2(CCCO2)C1. The maximum absolute atomic E-state index is 12.5. The topological polar surface area (TPSA) is 79.3 Å². The molecule has 3 fully saturated rings. The summed E-state index contributed by atoms with van der Waals surface area (Å²) in [5.41, 5.74) is -0.681. The van der Waals surface area contributed by atoms with E-state index in [2.05, 4.69) is 0 Å². The molecule has 0 radical (unpaired) electrons. The summed E-state index contributed by atoms with van der Waals surface area (Å²) in [4.78, 5) is 0. The van der Waals surface area contributed by atoms with Crippen molar-refractivity contribution in [2.24, 2.45) is 0 Å². The van der Waals surface area contributed by atoms with E-state index in [4.69, 9.17) is 9.47 Å². The molecule has 3 aliphatic rings. The highest BCUT2D eigenvalue weighted by molar-refractivity contribution is 7.86. The van der Waals surface area contributed by atoms with Gasteiger partial charge in [0, 0.05) is 32.8 Å². The molecule has 3 aliphatic heterocycles. The van der Waals surface area contributed by atoms with Crippen molar-refractivity contribution in [3.05, 3.63) is 0 Å². The van der Waals surface area contributed by atoms with Gasteiger partial charge in [-0.05, 0) is 12.8 Å². The van der Waals surface area contributed by atoms with Crippen LogP contribution in [-0.2, 0) is 19.7 Å². The third-order valence-corrected chi connectivity index (χ3v) is 6.13. The van der Waals surface area contributed by atoms with Gasteiger partial charge in [0.15, 0.2) is 0 Å². The molecule has 3 heterocycles. The standard InChI is InChI=1S/C11H20N2O5S/c14-10-8-13(9-11(10)2-1-5-18-11)19(15,16)12-3-6-17-7-4-12/h10,14H,1-9H2/t10-,11-/m0/s1. The summed E-state index contributed by atoms with van der Waals surface area (Å²) in [6, 6.07) is 0. The second-order valence-corrected chi connectivity index (χ2v) is 7.27. The number of morpholine rings is 1. The van der Waals surface area contributed by atoms with E-state index in [0.717, 1.165) is 12.8 Å². The summed E-state index contributed by atoms with van der Waals surface area (Å²) >= 11 is 0. The first-order valence-electron chi connectivity index (χ1n) is 6.70. The van der Waals surface area contributed by atoms with Crippen molar-refractivity contribution < 1.29 is 23.0 Å². The van der Waals surface area contributed by atoms with Gasteiger partial charge in [-0.3, -0.25) is 0 Å². The molecule has 3 saturated heterocycles. The van der Waals surface area contributed by atoms with Crippen LogP contribution in [0.2, 0.25) is 0 Å². The van der Waals surface area contributed by atoms with Crippen LogP contribution in [0.5, 0.6) is 0 Å². The second kappa shape index (κ2) is 4.94. The van der Waals surface area contributed by atoms with Gasteiger partial charge in [-0.25, -0.2) is 0 Å². The summed E-state index contributed by atoms with van der Waals surface area (Å²) in [5.74, 6) is 0. The van der Waals surface area contributed by atoms with Crippen LogP contribution in [0.3, 0.4) is 0 Å². The van der Waals surface area contributed by atoms with Crippen molar-refractivity contribution in [1.82, 2.24) is 8.61 Å². The average Bonchev–Trinajstić information content (AvgIpc) is 3.01. The Labute approximate surface area is 113 Å². The Morgan fingerprint density at radius 2 is 1.89 bits per heavy atom. The minimum Gasteiger partial charge on any atom is -0.389 e. The quantitative estimate of drug-likeness (QED) is 0.691. The molecule has 1 spiro atoms. The maximum Gasteiger partial charge on any atom is 0.282 e. The lowest BCUT2D eigenvalue weighted by Gasteiger charge is -2.30. The first kappa shape index (κ1) is 13.7. The third kappa shape index (κ3) is 2.30. The van der Waals surface area contributed by atoms with E-state index < -0.39 is 21.9 Å². The summed E-state index contributed by atoms with van der Waals surface area (Å²) in [7, 11) is -3.51. The lowest BCUT2D eigenvalue weighted by atomic mass is 9.97. The van der Waals surface area contributed by atoms with E-state index in [9.17, 15) is 13.5 Å². The van der Waals surface area contributed by atoms with Gasteiger partial charge in [0.1, 0.15) is 5.60 Å². The van der Waals surface area contributed by atoms with Crippen LogP contribution in [0.1, 0.15) is 12.8 Å². The first-order chi connectivity index (χ1) is 9.05. The average molecular weight is 292 g/mol. The zero-order chi connectivity index (χ0) is 13.5. The van der Waals surface area contributed by atoms with E-state index in [-0.39, 0.29) is 13.1 Å². The Morgan fingerprint density at radius 1 is 1.16 bits per heavy atom. The number of nitrogens with zero attached hydrogens (tertiary/aromatic N) is 2. The molecule has 0 amide bonds. The number of aliphatic hydroxyl groups is 1. The molecule has 0 saturated carbocycles. The molecule has 1 N–H and O–H groups in total. The van der Waals surface area contributed by atoms with Crippen LogP contribution in [0.25, 0.3) is 0 Å². The molecule has 110 valence electrons. The van der Waals surface area contributed by atoms with Gasteiger partial charge >= 0.3 is 0 Å². The number of ether oxygens (including phenoxy) is 2. The lowest BCUT2D eigenvalue weighted by molar-refractivity contribution is -0.0587. The van der Waals surface area contributed by atoms with E-state index in [1.807, 2.05) is 0 Å². The first-order valence-corrected chi connectivity index (χ1v) is 8.09. The maximum atomic E-state index is 12.5. The number of hydrogen-bond donors (Lipinski definition) is 1. The molecular weight excluding hydrogens is 272 g/mol. The van der Waals surface area contributed by atoms with Crippen LogP contribution < -0.4 is 0 Å². The number of rotatable bonds is 2. The second-order valence-electron chi connectivity index (χ2n) is 5.34. The Morgan fingerprint density at radius 3 is 2.53 bits per heavy atom. The highest BCUT2D eigenvalue weighted by atomic mass is 32.2. The van der Waals surface area contributed by atoms with Crippen molar-refractivity contribution >= 4 is 10.2 Å². The van der Waals surface area contributed by atoms with Crippen molar-refractivity contribution in [1.29, 1.82) is 0 Å². The van der Waals surface area contributed by atoms with E-state index in [0.29, 0.717) is 32.9 Å². The number of β-amino-alcohol motifs (C(OH)–C–C–N with tert-alkyl or cyclic N) is 1. The highest BCUT2D eigenvalue weighted by Gasteiger charge is 2.53. The summed E-state index contributed by atoms with van der Waals surface area (Å²) < 4.78 is 38.6. The summed E-state index contributed by atoms with van der Waals surface area (Å²) in [6.45, 7) is 2.59. The molecule has 0 aromatic carbocycles. The normalized spacial score (nSPS) is 38.3. The Hall–Kier alpha value is -0.250. The van der Waals surface area contributed by atoms with Gasteiger partial charge in [0.2, 0.25) is 0 Å². The smallest absolute Gasteiger partial charge is 0.282 e. The van der Waals surface area contributed by atoms with Crippen molar-refractivity contribution in [3.63, 3.8) is 0 Å². The van der Waals surface area contributed by atoms with Crippen LogP contribution in [-0.4, -0.2) is 79.8 Å². The molecule has 0 aliphatic carbocycles. The fraction of sp³-hybridized carbons (Fsp3) is 1.00. The van der Waals surface area contributed by atoms with Crippen molar-refractivity contribution in [2.45, 2.75) is 24.5 Å². The van der Waals surface area contributed by atoms with Gasteiger partial charge < -0.3 is 14.6 Å². The summed E-state index contributed by atoms with van der Waals surface area (Å²) in [5, 5.41) is 10.1. The monoisotopic (exact) mass is 292 g/mol. The molecular formula is C11H20N2O5S. The minimum absolute atomic E-state index is 0.125. The minimum atomic E-state index is -3.51. The van der Waals surface area contributed by atoms with Crippen LogP contribution in [0, 0.1) is 0 Å². The third-order valence-electron chi connectivity index (χ3n) is 4.18.